The number of para-hydroxylation sites is 1. The van der Waals surface area contributed by atoms with Gasteiger partial charge in [0.1, 0.15) is 5.82 Å². The van der Waals surface area contributed by atoms with Crippen molar-refractivity contribution in [2.24, 2.45) is 7.05 Å². The number of fused-ring (bicyclic) bond motifs is 2. The number of carbonyl (C=O) groups excluding carboxylic acids is 3. The highest BCUT2D eigenvalue weighted by molar-refractivity contribution is 6.11. The lowest BCUT2D eigenvalue weighted by Crippen LogP contribution is -2.44. The van der Waals surface area contributed by atoms with Crippen molar-refractivity contribution in [1.82, 2.24) is 29.0 Å². The third-order valence-corrected chi connectivity index (χ3v) is 8.44. The fraction of sp³-hybridized carbons (Fsp3) is 0.135. The van der Waals surface area contributed by atoms with Crippen LogP contribution in [0.3, 0.4) is 0 Å². The number of amides is 1. The predicted octanol–water partition coefficient (Wildman–Crippen LogP) is 5.34. The molecule has 7 rings (SSSR count). The van der Waals surface area contributed by atoms with Crippen LogP contribution in [0.15, 0.2) is 115 Å². The van der Waals surface area contributed by atoms with E-state index in [1.54, 1.807) is 87.3 Å². The molecule has 0 bridgehead atoms. The summed E-state index contributed by atoms with van der Waals surface area (Å²) in [6, 6.07) is 22.7. The number of carbonyl (C=O) groups is 3. The summed E-state index contributed by atoms with van der Waals surface area (Å²) in [5.41, 5.74) is 1.51. The van der Waals surface area contributed by atoms with Crippen LogP contribution in [0, 0.1) is 0 Å². The topological polar surface area (TPSA) is 123 Å². The summed E-state index contributed by atoms with van der Waals surface area (Å²) in [5, 5.41) is 13.3. The van der Waals surface area contributed by atoms with Crippen molar-refractivity contribution in [3.05, 3.63) is 126 Å². The molecule has 10 nitrogen and oxygen atoms in total. The Kier molecular flexibility index (Phi) is 7.21. The van der Waals surface area contributed by atoms with E-state index >= 15 is 4.79 Å². The van der Waals surface area contributed by atoms with E-state index in [2.05, 4.69) is 4.98 Å². The maximum absolute atomic E-state index is 15.2. The molecule has 0 saturated carbocycles. The number of aliphatic hydroxyl groups is 1. The third-order valence-electron chi connectivity index (χ3n) is 8.44. The van der Waals surface area contributed by atoms with E-state index in [0.717, 1.165) is 5.69 Å². The fourth-order valence-corrected chi connectivity index (χ4v) is 6.05. The smallest absolute Gasteiger partial charge is 0.274 e. The number of Topliss-reactive ketones (excluding diaryl/α,β-unsaturated/α-hetero) is 1. The number of imidazole rings is 2. The van der Waals surface area contributed by atoms with Gasteiger partial charge in [-0.2, -0.15) is 0 Å². The van der Waals surface area contributed by atoms with Crippen molar-refractivity contribution in [2.75, 3.05) is 14.1 Å². The van der Waals surface area contributed by atoms with Gasteiger partial charge in [-0.05, 0) is 35.9 Å². The molecule has 0 fully saturated rings. The average molecular weight is 623 g/mol. The van der Waals surface area contributed by atoms with Gasteiger partial charge in [-0.1, -0.05) is 66.8 Å². The Hall–Kier alpha value is -6.00. The monoisotopic (exact) mass is 622 g/mol. The van der Waals surface area contributed by atoms with Crippen LogP contribution in [-0.4, -0.2) is 65.8 Å². The second kappa shape index (κ2) is 11.4. The first-order chi connectivity index (χ1) is 22.7. The molecule has 1 N–H and O–H groups in total. The van der Waals surface area contributed by atoms with Crippen molar-refractivity contribution in [1.29, 1.82) is 0 Å². The number of rotatable bonds is 6. The molecule has 0 aliphatic heterocycles. The van der Waals surface area contributed by atoms with Gasteiger partial charge < -0.3 is 14.6 Å². The van der Waals surface area contributed by atoms with Crippen molar-refractivity contribution in [2.45, 2.75) is 12.0 Å². The van der Waals surface area contributed by atoms with Gasteiger partial charge in [-0.3, -0.25) is 19.0 Å². The van der Waals surface area contributed by atoms with Gasteiger partial charge in [0.25, 0.3) is 11.8 Å². The molecule has 0 saturated heterocycles. The summed E-state index contributed by atoms with van der Waals surface area (Å²) >= 11 is 0. The third kappa shape index (κ3) is 4.86. The van der Waals surface area contributed by atoms with E-state index in [9.17, 15) is 14.7 Å². The number of aromatic nitrogens is 5. The molecule has 3 heterocycles. The largest absolute Gasteiger partial charge is 0.372 e. The van der Waals surface area contributed by atoms with Crippen LogP contribution >= 0.6 is 0 Å². The van der Waals surface area contributed by atoms with Gasteiger partial charge in [0, 0.05) is 49.7 Å². The molecule has 3 aromatic carbocycles. The Bertz CT molecular complexity index is 2300. The van der Waals surface area contributed by atoms with E-state index in [0.29, 0.717) is 38.8 Å². The summed E-state index contributed by atoms with van der Waals surface area (Å²) in [4.78, 5) is 57.1. The SMILES string of the molecule is CN(C)C(=O)c1ccc2c(c1)nc(-c1cc(-c3cncn3C)nc3ccccc13)n2C(=O)C(O)(C1=CC=CCC1=O)c1ccccc1. The van der Waals surface area contributed by atoms with Crippen LogP contribution in [0.4, 0.5) is 0 Å². The molecule has 232 valence electrons. The maximum atomic E-state index is 15.2. The van der Waals surface area contributed by atoms with Gasteiger partial charge in [-0.25, -0.2) is 15.0 Å². The van der Waals surface area contributed by atoms with Crippen LogP contribution < -0.4 is 0 Å². The van der Waals surface area contributed by atoms with Crippen molar-refractivity contribution in [3.8, 4) is 22.8 Å². The van der Waals surface area contributed by atoms with Crippen LogP contribution in [0.25, 0.3) is 44.7 Å². The molecule has 1 aliphatic carbocycles. The molecule has 6 aromatic rings. The molecule has 1 amide bonds. The summed E-state index contributed by atoms with van der Waals surface area (Å²) in [6.07, 6.45) is 8.28. The Morgan fingerprint density at radius 2 is 1.70 bits per heavy atom. The number of hydrogen-bond donors (Lipinski definition) is 1. The van der Waals surface area contributed by atoms with E-state index in [4.69, 9.17) is 9.97 Å². The zero-order valence-corrected chi connectivity index (χ0v) is 26.0. The Morgan fingerprint density at radius 1 is 0.936 bits per heavy atom. The van der Waals surface area contributed by atoms with E-state index in [1.165, 1.54) is 15.5 Å². The molecule has 0 radical (unpaired) electrons. The Morgan fingerprint density at radius 3 is 2.43 bits per heavy atom. The summed E-state index contributed by atoms with van der Waals surface area (Å²) < 4.78 is 3.20. The minimum absolute atomic E-state index is 0.0430. The van der Waals surface area contributed by atoms with Crippen LogP contribution in [0.5, 0.6) is 0 Å². The lowest BCUT2D eigenvalue weighted by molar-refractivity contribution is -0.116. The number of benzene rings is 3. The molecule has 1 unspecified atom stereocenters. The van der Waals surface area contributed by atoms with Gasteiger partial charge in [0.15, 0.2) is 11.4 Å². The van der Waals surface area contributed by atoms with Crippen LogP contribution in [-0.2, 0) is 17.4 Å². The van der Waals surface area contributed by atoms with Crippen LogP contribution in [0.2, 0.25) is 0 Å². The Balaban J connectivity index is 1.56. The molecular weight excluding hydrogens is 592 g/mol. The highest BCUT2D eigenvalue weighted by atomic mass is 16.3. The summed E-state index contributed by atoms with van der Waals surface area (Å²) in [6.45, 7) is 0. The second-order valence-electron chi connectivity index (χ2n) is 11.7. The molecule has 1 aliphatic rings. The highest BCUT2D eigenvalue weighted by Crippen LogP contribution is 2.39. The zero-order valence-electron chi connectivity index (χ0n) is 26.0. The minimum Gasteiger partial charge on any atom is -0.372 e. The molecule has 1 atom stereocenters. The number of ketones is 1. The lowest BCUT2D eigenvalue weighted by atomic mass is 9.80. The van der Waals surface area contributed by atoms with E-state index in [1.807, 2.05) is 41.9 Å². The van der Waals surface area contributed by atoms with E-state index < -0.39 is 11.5 Å². The minimum atomic E-state index is -2.36. The standard InChI is InChI=1S/C37H30N6O4/c1-41(2)35(45)23-17-18-31-29(19-23)40-34(26-20-30(32-21-38-22-42(32)3)39-28-15-9-7-13-25(26)28)43(31)36(46)37(47,24-11-5-4-6-12-24)27-14-8-10-16-33(27)44/h4-15,17-22,47H,16H2,1-3H3. The summed E-state index contributed by atoms with van der Waals surface area (Å²) in [7, 11) is 5.18. The first-order valence-corrected chi connectivity index (χ1v) is 15.0. The number of pyridine rings is 1. The first kappa shape index (κ1) is 29.7. The zero-order chi connectivity index (χ0) is 32.9. The predicted molar refractivity (Wildman–Crippen MR) is 179 cm³/mol. The molecular formula is C37H30N6O4. The van der Waals surface area contributed by atoms with Gasteiger partial charge in [0.2, 0.25) is 0 Å². The van der Waals surface area contributed by atoms with Crippen molar-refractivity contribution < 1.29 is 19.5 Å². The number of allylic oxidation sites excluding steroid dienone is 3. The Labute approximate surface area is 269 Å². The molecule has 47 heavy (non-hydrogen) atoms. The quantitative estimate of drug-likeness (QED) is 0.266. The van der Waals surface area contributed by atoms with E-state index in [-0.39, 0.29) is 35.1 Å². The highest BCUT2D eigenvalue weighted by Gasteiger charge is 2.47. The molecule has 3 aromatic heterocycles. The fourth-order valence-electron chi connectivity index (χ4n) is 6.05. The first-order valence-electron chi connectivity index (χ1n) is 15.0. The summed E-state index contributed by atoms with van der Waals surface area (Å²) in [5.74, 6) is -1.17. The number of hydrogen-bond acceptors (Lipinski definition) is 7. The number of aryl methyl sites for hydroxylation is 1. The van der Waals surface area contributed by atoms with Crippen molar-refractivity contribution >= 4 is 39.5 Å². The maximum Gasteiger partial charge on any atom is 0.274 e. The second-order valence-corrected chi connectivity index (χ2v) is 11.7. The van der Waals surface area contributed by atoms with Crippen LogP contribution in [0.1, 0.15) is 27.1 Å². The van der Waals surface area contributed by atoms with Gasteiger partial charge in [-0.15, -0.1) is 0 Å². The lowest BCUT2D eigenvalue weighted by Gasteiger charge is -2.31. The molecule has 0 spiro atoms. The van der Waals surface area contributed by atoms with Gasteiger partial charge in [0.05, 0.1) is 40.5 Å². The average Bonchev–Trinajstić information content (AvgIpc) is 3.70. The molecule has 10 heteroatoms. The van der Waals surface area contributed by atoms with Gasteiger partial charge >= 0.3 is 0 Å². The van der Waals surface area contributed by atoms with Crippen molar-refractivity contribution in [3.63, 3.8) is 0 Å². The normalized spacial score (nSPS) is 14.3. The number of nitrogens with zero attached hydrogens (tertiary/aromatic N) is 6.